The van der Waals surface area contributed by atoms with Gasteiger partial charge in [0.25, 0.3) is 5.91 Å². The third-order valence-corrected chi connectivity index (χ3v) is 2.82. The van der Waals surface area contributed by atoms with E-state index in [0.717, 1.165) is 6.21 Å². The summed E-state index contributed by atoms with van der Waals surface area (Å²) in [5, 5.41) is 59.0. The topological polar surface area (TPSA) is 163 Å². The van der Waals surface area contributed by atoms with E-state index in [1.807, 2.05) is 5.43 Å². The lowest BCUT2D eigenvalue weighted by atomic mass is 10.0. The van der Waals surface area contributed by atoms with Crippen molar-refractivity contribution in [1.29, 1.82) is 0 Å². The van der Waals surface area contributed by atoms with E-state index in [-0.39, 0.29) is 11.3 Å². The zero-order valence-electron chi connectivity index (χ0n) is 11.4. The minimum absolute atomic E-state index is 0.0366. The molecule has 4 atom stereocenters. The van der Waals surface area contributed by atoms with Crippen LogP contribution in [0.25, 0.3) is 0 Å². The summed E-state index contributed by atoms with van der Waals surface area (Å²) in [6, 6.07) is 5.73. The summed E-state index contributed by atoms with van der Waals surface area (Å²) in [4.78, 5) is 11.7. The van der Waals surface area contributed by atoms with Crippen LogP contribution in [-0.2, 0) is 0 Å². The molecule has 0 saturated heterocycles. The lowest BCUT2D eigenvalue weighted by Crippen LogP contribution is -2.46. The SMILES string of the molecule is O=C(N/N=C/[C@@H](O)[C@@H](O)[C@H](O)[C@H](O)CO)c1ccccc1O. The predicted octanol–water partition coefficient (Wildman–Crippen LogP) is -2.46. The second kappa shape index (κ2) is 8.41. The van der Waals surface area contributed by atoms with Crippen LogP contribution in [0.3, 0.4) is 0 Å². The van der Waals surface area contributed by atoms with Crippen LogP contribution in [0.15, 0.2) is 29.4 Å². The fraction of sp³-hybridized carbons (Fsp3) is 0.385. The number of carbonyl (C=O) groups is 1. The van der Waals surface area contributed by atoms with E-state index in [1.54, 1.807) is 0 Å². The van der Waals surface area contributed by atoms with Crippen LogP contribution in [0.1, 0.15) is 10.4 Å². The molecule has 0 aliphatic carbocycles. The molecule has 0 bridgehead atoms. The maximum absolute atomic E-state index is 11.7. The number of aliphatic hydroxyl groups excluding tert-OH is 5. The second-order valence-corrected chi connectivity index (χ2v) is 4.46. The van der Waals surface area contributed by atoms with Crippen LogP contribution < -0.4 is 5.43 Å². The lowest BCUT2D eigenvalue weighted by molar-refractivity contribution is -0.0999. The van der Waals surface area contributed by atoms with Crippen LogP contribution in [-0.4, -0.2) is 73.8 Å². The molecule has 0 aromatic heterocycles. The van der Waals surface area contributed by atoms with Gasteiger partial charge >= 0.3 is 0 Å². The second-order valence-electron chi connectivity index (χ2n) is 4.46. The van der Waals surface area contributed by atoms with Gasteiger partial charge in [-0.1, -0.05) is 12.1 Å². The van der Waals surface area contributed by atoms with Gasteiger partial charge in [-0.15, -0.1) is 0 Å². The Morgan fingerprint density at radius 1 is 1.18 bits per heavy atom. The van der Waals surface area contributed by atoms with Crippen molar-refractivity contribution in [2.75, 3.05) is 6.61 Å². The summed E-state index contributed by atoms with van der Waals surface area (Å²) in [5.74, 6) is -0.996. The Labute approximate surface area is 125 Å². The summed E-state index contributed by atoms with van der Waals surface area (Å²) < 4.78 is 0. The Kier molecular flexibility index (Phi) is 6.89. The Bertz CT molecular complexity index is 523. The maximum Gasteiger partial charge on any atom is 0.275 e. The van der Waals surface area contributed by atoms with Crippen molar-refractivity contribution in [2.24, 2.45) is 5.10 Å². The van der Waals surface area contributed by atoms with E-state index in [4.69, 9.17) is 10.2 Å². The Morgan fingerprint density at radius 3 is 2.41 bits per heavy atom. The number of hydrogen-bond acceptors (Lipinski definition) is 8. The number of aromatic hydroxyl groups is 1. The van der Waals surface area contributed by atoms with Crippen molar-refractivity contribution >= 4 is 12.1 Å². The van der Waals surface area contributed by atoms with Crippen LogP contribution in [0.2, 0.25) is 0 Å². The first kappa shape index (κ1) is 18.0. The van der Waals surface area contributed by atoms with Gasteiger partial charge in [0.1, 0.15) is 30.2 Å². The molecule has 9 nitrogen and oxygen atoms in total. The van der Waals surface area contributed by atoms with Crippen molar-refractivity contribution in [3.05, 3.63) is 29.8 Å². The number of nitrogens with zero attached hydrogens (tertiary/aromatic N) is 1. The van der Waals surface area contributed by atoms with Gasteiger partial charge in [-0.2, -0.15) is 5.10 Å². The minimum atomic E-state index is -1.81. The average Bonchev–Trinajstić information content (AvgIpc) is 2.52. The van der Waals surface area contributed by atoms with Crippen LogP contribution in [0.4, 0.5) is 0 Å². The smallest absolute Gasteiger partial charge is 0.275 e. The fourth-order valence-corrected chi connectivity index (χ4v) is 1.52. The number of hydrazone groups is 1. The van der Waals surface area contributed by atoms with Crippen molar-refractivity contribution < 1.29 is 35.4 Å². The first-order chi connectivity index (χ1) is 10.4. The number of carbonyl (C=O) groups excluding carboxylic acids is 1. The normalized spacial score (nSPS) is 17.0. The van der Waals surface area contributed by atoms with Gasteiger partial charge in [0.2, 0.25) is 0 Å². The number of para-hydroxylation sites is 1. The third kappa shape index (κ3) is 4.76. The Morgan fingerprint density at radius 2 is 1.82 bits per heavy atom. The molecule has 1 aromatic rings. The summed E-state index contributed by atoms with van der Waals surface area (Å²) in [6.07, 6.45) is -6.20. The molecule has 0 saturated carbocycles. The number of rotatable bonds is 7. The number of aliphatic hydroxyl groups is 5. The molecule has 0 radical (unpaired) electrons. The van der Waals surface area contributed by atoms with Gasteiger partial charge in [-0.25, -0.2) is 5.43 Å². The molecule has 22 heavy (non-hydrogen) atoms. The molecule has 7 N–H and O–H groups in total. The molecule has 1 aromatic carbocycles. The molecule has 122 valence electrons. The molecular weight excluding hydrogens is 296 g/mol. The predicted molar refractivity (Wildman–Crippen MR) is 75.2 cm³/mol. The highest BCUT2D eigenvalue weighted by molar-refractivity contribution is 5.96. The Hall–Kier alpha value is -2.04. The van der Waals surface area contributed by atoms with Crippen molar-refractivity contribution in [3.8, 4) is 5.75 Å². The minimum Gasteiger partial charge on any atom is -0.507 e. The van der Waals surface area contributed by atoms with Gasteiger partial charge in [-0.3, -0.25) is 4.79 Å². The molecule has 1 amide bonds. The molecule has 0 fully saturated rings. The van der Waals surface area contributed by atoms with Crippen LogP contribution in [0, 0.1) is 0 Å². The average molecular weight is 314 g/mol. The number of hydrogen-bond donors (Lipinski definition) is 7. The summed E-state index contributed by atoms with van der Waals surface area (Å²) in [7, 11) is 0. The Balaban J connectivity index is 2.58. The monoisotopic (exact) mass is 314 g/mol. The van der Waals surface area contributed by atoms with Gasteiger partial charge in [0.15, 0.2) is 0 Å². The van der Waals surface area contributed by atoms with Crippen molar-refractivity contribution in [2.45, 2.75) is 24.4 Å². The van der Waals surface area contributed by atoms with Gasteiger partial charge in [-0.05, 0) is 12.1 Å². The number of amides is 1. The quantitative estimate of drug-likeness (QED) is 0.217. The van der Waals surface area contributed by atoms with E-state index in [9.17, 15) is 25.2 Å². The zero-order valence-corrected chi connectivity index (χ0v) is 11.4. The van der Waals surface area contributed by atoms with E-state index < -0.39 is 36.9 Å². The first-order valence-electron chi connectivity index (χ1n) is 6.33. The number of benzene rings is 1. The van der Waals surface area contributed by atoms with Gasteiger partial charge in [0, 0.05) is 0 Å². The van der Waals surface area contributed by atoms with E-state index >= 15 is 0 Å². The molecule has 0 aliphatic heterocycles. The summed E-state index contributed by atoms with van der Waals surface area (Å²) >= 11 is 0. The molecule has 0 unspecified atom stereocenters. The first-order valence-corrected chi connectivity index (χ1v) is 6.33. The number of phenolic OH excluding ortho intramolecular Hbond substituents is 1. The van der Waals surface area contributed by atoms with Gasteiger partial charge < -0.3 is 30.6 Å². The molecular formula is C13H18N2O7. The lowest BCUT2D eigenvalue weighted by Gasteiger charge is -2.23. The fourth-order valence-electron chi connectivity index (χ4n) is 1.52. The summed E-state index contributed by atoms with van der Waals surface area (Å²) in [6.45, 7) is -0.799. The molecule has 0 aliphatic rings. The molecule has 0 spiro atoms. The third-order valence-electron chi connectivity index (χ3n) is 2.82. The number of phenols is 1. The highest BCUT2D eigenvalue weighted by Gasteiger charge is 2.29. The zero-order chi connectivity index (χ0) is 16.7. The van der Waals surface area contributed by atoms with Crippen molar-refractivity contribution in [3.63, 3.8) is 0 Å². The number of nitrogens with one attached hydrogen (secondary N) is 1. The standard InChI is InChI=1S/C13H18N2O7/c16-6-10(19)12(21)11(20)9(18)5-14-15-13(22)7-3-1-2-4-8(7)17/h1-5,9-12,16-21H,6H2,(H,15,22)/b14-5+/t9-,10-,11-,12-/m1/s1. The molecule has 1 rings (SSSR count). The summed E-state index contributed by atoms with van der Waals surface area (Å²) in [5.41, 5.74) is 1.98. The highest BCUT2D eigenvalue weighted by Crippen LogP contribution is 2.14. The van der Waals surface area contributed by atoms with E-state index in [2.05, 4.69) is 5.10 Å². The van der Waals surface area contributed by atoms with Gasteiger partial charge in [0.05, 0.1) is 18.4 Å². The van der Waals surface area contributed by atoms with E-state index in [1.165, 1.54) is 24.3 Å². The largest absolute Gasteiger partial charge is 0.507 e. The van der Waals surface area contributed by atoms with E-state index in [0.29, 0.717) is 0 Å². The maximum atomic E-state index is 11.7. The molecule has 0 heterocycles. The van der Waals surface area contributed by atoms with Crippen molar-refractivity contribution in [1.82, 2.24) is 5.43 Å². The van der Waals surface area contributed by atoms with Crippen LogP contribution >= 0.6 is 0 Å². The van der Waals surface area contributed by atoms with Crippen LogP contribution in [0.5, 0.6) is 5.75 Å². The molecule has 9 heteroatoms. The highest BCUT2D eigenvalue weighted by atomic mass is 16.4.